The molecule has 1 amide bonds. The molecule has 10 heteroatoms. The van der Waals surface area contributed by atoms with Gasteiger partial charge in [-0.05, 0) is 32.9 Å². The lowest BCUT2D eigenvalue weighted by atomic mass is 10.2. The van der Waals surface area contributed by atoms with E-state index in [2.05, 4.69) is 25.2 Å². The lowest BCUT2D eigenvalue weighted by Gasteiger charge is -2.24. The number of alkyl halides is 1. The molecule has 31 heavy (non-hydrogen) atoms. The van der Waals surface area contributed by atoms with Crippen molar-refractivity contribution in [2.24, 2.45) is 0 Å². The molecule has 2 saturated heterocycles. The van der Waals surface area contributed by atoms with Gasteiger partial charge in [-0.2, -0.15) is 0 Å². The Hall–Kier alpha value is -3.14. The van der Waals surface area contributed by atoms with E-state index < -0.39 is 17.9 Å². The van der Waals surface area contributed by atoms with Crippen LogP contribution in [0.2, 0.25) is 0 Å². The van der Waals surface area contributed by atoms with Gasteiger partial charge in [0, 0.05) is 25.0 Å². The van der Waals surface area contributed by atoms with Crippen LogP contribution in [-0.2, 0) is 0 Å². The quantitative estimate of drug-likeness (QED) is 0.689. The molecule has 0 aromatic carbocycles. The van der Waals surface area contributed by atoms with Crippen molar-refractivity contribution in [1.82, 2.24) is 24.3 Å². The molecule has 2 aliphatic rings. The SMILES string of the molecule is Cc1cn2cc(NC(=O)c3cnc(N4C[C@@H](F)[C@@H](N5CCCC5)C4)cn3)cc(F)c2n1. The molecule has 2 fully saturated rings. The van der Waals surface area contributed by atoms with Gasteiger partial charge in [0.05, 0.1) is 36.4 Å². The summed E-state index contributed by atoms with van der Waals surface area (Å²) in [4.78, 5) is 29.2. The predicted octanol–water partition coefficient (Wildman–Crippen LogP) is 2.45. The van der Waals surface area contributed by atoms with Crippen LogP contribution in [0.25, 0.3) is 5.65 Å². The van der Waals surface area contributed by atoms with E-state index in [-0.39, 0.29) is 29.6 Å². The van der Waals surface area contributed by atoms with E-state index in [0.717, 1.165) is 25.9 Å². The minimum atomic E-state index is -0.931. The van der Waals surface area contributed by atoms with Crippen molar-refractivity contribution < 1.29 is 13.6 Å². The first kappa shape index (κ1) is 19.8. The molecule has 0 radical (unpaired) electrons. The summed E-state index contributed by atoms with van der Waals surface area (Å²) in [6.07, 6.45) is 7.40. The van der Waals surface area contributed by atoms with E-state index in [1.807, 2.05) is 4.90 Å². The van der Waals surface area contributed by atoms with Gasteiger partial charge in [0.25, 0.3) is 5.91 Å². The molecule has 0 saturated carbocycles. The molecule has 3 aromatic rings. The number of pyridine rings is 1. The Balaban J connectivity index is 1.27. The van der Waals surface area contributed by atoms with E-state index in [9.17, 15) is 13.6 Å². The standard InChI is InChI=1S/C21H23F2N7O/c1-13-9-30-10-14(6-15(22)20(30)26-13)27-21(31)17-7-25-19(8-24-17)29-11-16(23)18(12-29)28-4-2-3-5-28/h6-10,16,18H,2-5,11-12H2,1H3,(H,27,31)/t16-,18+/m1/s1. The van der Waals surface area contributed by atoms with Gasteiger partial charge in [-0.1, -0.05) is 0 Å². The van der Waals surface area contributed by atoms with Gasteiger partial charge in [0.2, 0.25) is 0 Å². The molecule has 3 aromatic heterocycles. The summed E-state index contributed by atoms with van der Waals surface area (Å²) >= 11 is 0. The Morgan fingerprint density at radius 3 is 2.71 bits per heavy atom. The minimum Gasteiger partial charge on any atom is -0.351 e. The molecule has 162 valence electrons. The Bertz CT molecular complexity index is 1110. The van der Waals surface area contributed by atoms with E-state index in [1.54, 1.807) is 19.3 Å². The summed E-state index contributed by atoms with van der Waals surface area (Å²) in [6.45, 7) is 4.47. The zero-order valence-electron chi connectivity index (χ0n) is 17.1. The van der Waals surface area contributed by atoms with Crippen molar-refractivity contribution in [2.75, 3.05) is 36.4 Å². The van der Waals surface area contributed by atoms with Gasteiger partial charge in [0.15, 0.2) is 11.5 Å². The topological polar surface area (TPSA) is 78.7 Å². The first-order valence-corrected chi connectivity index (χ1v) is 10.4. The number of amides is 1. The molecular formula is C21H23F2N7O. The average Bonchev–Trinajstić information content (AvgIpc) is 3.47. The molecule has 5 heterocycles. The first-order chi connectivity index (χ1) is 15.0. The number of carbonyl (C=O) groups is 1. The zero-order chi connectivity index (χ0) is 21.5. The Kier molecular flexibility index (Phi) is 5.01. The maximum absolute atomic E-state index is 14.5. The molecule has 8 nitrogen and oxygen atoms in total. The van der Waals surface area contributed by atoms with Gasteiger partial charge >= 0.3 is 0 Å². The van der Waals surface area contributed by atoms with Crippen LogP contribution in [0.1, 0.15) is 29.0 Å². The molecular weight excluding hydrogens is 404 g/mol. The third kappa shape index (κ3) is 3.83. The summed E-state index contributed by atoms with van der Waals surface area (Å²) in [5.41, 5.74) is 1.25. The maximum atomic E-state index is 14.5. The van der Waals surface area contributed by atoms with Gasteiger partial charge in [-0.3, -0.25) is 9.69 Å². The second-order valence-corrected chi connectivity index (χ2v) is 8.14. The number of imidazole rings is 1. The smallest absolute Gasteiger partial charge is 0.275 e. The van der Waals surface area contributed by atoms with E-state index in [0.29, 0.717) is 18.1 Å². The summed E-state index contributed by atoms with van der Waals surface area (Å²) in [6, 6.07) is 1.09. The molecule has 0 bridgehead atoms. The van der Waals surface area contributed by atoms with Gasteiger partial charge in [0.1, 0.15) is 17.7 Å². The number of nitrogens with one attached hydrogen (secondary N) is 1. The molecule has 0 spiro atoms. The number of likely N-dealkylation sites (tertiary alicyclic amines) is 1. The molecule has 1 N–H and O–H groups in total. The molecule has 5 rings (SSSR count). The van der Waals surface area contributed by atoms with Crippen LogP contribution < -0.4 is 10.2 Å². The molecule has 0 unspecified atom stereocenters. The fraction of sp³-hybridized carbons (Fsp3) is 0.429. The van der Waals surface area contributed by atoms with E-state index in [1.165, 1.54) is 22.9 Å². The highest BCUT2D eigenvalue weighted by Gasteiger charge is 2.38. The second kappa shape index (κ2) is 7.84. The number of nitrogens with zero attached hydrogens (tertiary/aromatic N) is 6. The van der Waals surface area contributed by atoms with Crippen molar-refractivity contribution in [2.45, 2.75) is 32.0 Å². The number of hydrogen-bond donors (Lipinski definition) is 1. The highest BCUT2D eigenvalue weighted by Crippen LogP contribution is 2.26. The molecule has 0 aliphatic carbocycles. The normalized spacial score (nSPS) is 21.8. The fourth-order valence-corrected chi connectivity index (χ4v) is 4.40. The number of anilines is 2. The number of rotatable bonds is 4. The van der Waals surface area contributed by atoms with Crippen LogP contribution in [-0.4, -0.2) is 68.6 Å². The Labute approximate surface area is 177 Å². The molecule has 2 atom stereocenters. The van der Waals surface area contributed by atoms with E-state index >= 15 is 0 Å². The maximum Gasteiger partial charge on any atom is 0.275 e. The highest BCUT2D eigenvalue weighted by atomic mass is 19.1. The largest absolute Gasteiger partial charge is 0.351 e. The number of aryl methyl sites for hydroxylation is 1. The van der Waals surface area contributed by atoms with Crippen molar-refractivity contribution in [3.63, 3.8) is 0 Å². The number of aromatic nitrogens is 4. The van der Waals surface area contributed by atoms with Crippen molar-refractivity contribution in [1.29, 1.82) is 0 Å². The first-order valence-electron chi connectivity index (χ1n) is 10.4. The monoisotopic (exact) mass is 427 g/mol. The van der Waals surface area contributed by atoms with Crippen molar-refractivity contribution in [3.05, 3.63) is 48.1 Å². The van der Waals surface area contributed by atoms with Crippen molar-refractivity contribution >= 4 is 23.1 Å². The number of carbonyl (C=O) groups excluding carboxylic acids is 1. The highest BCUT2D eigenvalue weighted by molar-refractivity contribution is 6.02. The average molecular weight is 427 g/mol. The third-order valence-electron chi connectivity index (χ3n) is 5.91. The summed E-state index contributed by atoms with van der Waals surface area (Å²) in [7, 11) is 0. The summed E-state index contributed by atoms with van der Waals surface area (Å²) in [5, 5.41) is 2.63. The van der Waals surface area contributed by atoms with Crippen LogP contribution in [0.15, 0.2) is 30.9 Å². The Morgan fingerprint density at radius 1 is 1.16 bits per heavy atom. The summed E-state index contributed by atoms with van der Waals surface area (Å²) < 4.78 is 30.3. The van der Waals surface area contributed by atoms with Crippen LogP contribution in [0.5, 0.6) is 0 Å². The van der Waals surface area contributed by atoms with Gasteiger partial charge in [-0.15, -0.1) is 0 Å². The zero-order valence-corrected chi connectivity index (χ0v) is 17.1. The predicted molar refractivity (Wildman–Crippen MR) is 112 cm³/mol. The van der Waals surface area contributed by atoms with Crippen LogP contribution >= 0.6 is 0 Å². The van der Waals surface area contributed by atoms with Gasteiger partial charge < -0.3 is 14.6 Å². The van der Waals surface area contributed by atoms with Crippen molar-refractivity contribution in [3.8, 4) is 0 Å². The molecule has 2 aliphatic heterocycles. The number of fused-ring (bicyclic) bond motifs is 1. The second-order valence-electron chi connectivity index (χ2n) is 8.14. The lowest BCUT2D eigenvalue weighted by molar-refractivity contribution is 0.102. The van der Waals surface area contributed by atoms with Crippen LogP contribution in [0, 0.1) is 12.7 Å². The van der Waals surface area contributed by atoms with Crippen LogP contribution in [0.3, 0.4) is 0 Å². The van der Waals surface area contributed by atoms with Gasteiger partial charge in [-0.25, -0.2) is 23.7 Å². The third-order valence-corrected chi connectivity index (χ3v) is 5.91. The number of hydrogen-bond acceptors (Lipinski definition) is 6. The minimum absolute atomic E-state index is 0.0955. The Morgan fingerprint density at radius 2 is 1.97 bits per heavy atom. The number of halogens is 2. The van der Waals surface area contributed by atoms with E-state index in [4.69, 9.17) is 0 Å². The fourth-order valence-electron chi connectivity index (χ4n) is 4.40. The van der Waals surface area contributed by atoms with Crippen LogP contribution in [0.4, 0.5) is 20.3 Å². The lowest BCUT2D eigenvalue weighted by Crippen LogP contribution is -2.39. The summed E-state index contributed by atoms with van der Waals surface area (Å²) in [5.74, 6) is -0.494.